The number of hydrogen-bond acceptors (Lipinski definition) is 3. The van der Waals surface area contributed by atoms with E-state index in [1.165, 1.54) is 31.8 Å². The Bertz CT molecular complexity index is 2300. The molecule has 0 atom stereocenters. The Morgan fingerprint density at radius 2 is 0.800 bits per heavy atom. The summed E-state index contributed by atoms with van der Waals surface area (Å²) in [7, 11) is -1.59. The molecule has 1 radical (unpaired) electrons. The summed E-state index contributed by atoms with van der Waals surface area (Å²) in [5.41, 5.74) is 2.88. The Balaban J connectivity index is 0.000000242. The fourth-order valence-corrected chi connectivity index (χ4v) is 11.1. The van der Waals surface area contributed by atoms with E-state index in [1.54, 1.807) is 6.20 Å². The molecule has 0 saturated heterocycles. The monoisotopic (exact) mass is 796 g/mol. The number of aromatic amines is 1. The summed E-state index contributed by atoms with van der Waals surface area (Å²) in [6.45, 7) is 0. The predicted octanol–water partition coefficient (Wildman–Crippen LogP) is 9.62. The second-order valence-corrected chi connectivity index (χ2v) is 16.7. The van der Waals surface area contributed by atoms with Crippen LogP contribution in [0.2, 0.25) is 0 Å². The smallest absolute Gasteiger partial charge is 0.456 e. The summed E-state index contributed by atoms with van der Waals surface area (Å²) in [6, 6.07) is 74.0. The fourth-order valence-electron chi connectivity index (χ4n) is 6.31. The number of H-pyrrole nitrogens is 1. The fraction of sp³-hybridized carbons (Fsp3) is 0. The number of imidazole rings is 1. The summed E-state index contributed by atoms with van der Waals surface area (Å²) in [5, 5.41) is 7.64. The number of aromatic nitrogens is 3. The number of nitrogens with one attached hydrogen (secondary N) is 1. The number of hydrogen-bond donors (Lipinski definition) is 1. The van der Waals surface area contributed by atoms with E-state index in [0.29, 0.717) is 0 Å². The van der Waals surface area contributed by atoms with Gasteiger partial charge in [0, 0.05) is 16.8 Å². The quantitative estimate of drug-likeness (QED) is 0.117. The molecule has 2 heterocycles. The number of fused-ring (bicyclic) bond motifs is 1. The molecule has 0 aliphatic rings. The van der Waals surface area contributed by atoms with E-state index in [2.05, 4.69) is 185 Å². The number of nitrogens with zero attached hydrogens (tertiary/aromatic N) is 2. The average molecular weight is 797 g/mol. The first kappa shape index (κ1) is 37.6. The second kappa shape index (κ2) is 18.6. The van der Waals surface area contributed by atoms with Gasteiger partial charge in [-0.2, -0.15) is 0 Å². The molecular weight excluding hydrogens is 760 g/mol. The molecule has 0 spiro atoms. The van der Waals surface area contributed by atoms with Gasteiger partial charge in [-0.1, -0.05) is 176 Å². The van der Waals surface area contributed by atoms with Gasteiger partial charge in [-0.3, -0.25) is 4.98 Å². The molecule has 0 aliphatic carbocycles. The summed E-state index contributed by atoms with van der Waals surface area (Å²) >= 11 is 0. The first-order valence-electron chi connectivity index (χ1n) is 17.8. The molecule has 0 amide bonds. The molecule has 0 unspecified atom stereocenters. The number of para-hydroxylation sites is 4. The maximum atomic E-state index is 6.92. The van der Waals surface area contributed by atoms with Crippen LogP contribution in [0.4, 0.5) is 0 Å². The summed E-state index contributed by atoms with van der Waals surface area (Å²) < 4.78 is 6.92. The topological polar surface area (TPSA) is 50.8 Å². The first-order chi connectivity index (χ1) is 26.8. The van der Waals surface area contributed by atoms with Crippen molar-refractivity contribution in [2.24, 2.45) is 0 Å². The Hall–Kier alpha value is -5.66. The van der Waals surface area contributed by atoms with Gasteiger partial charge in [0.15, 0.2) is 5.82 Å². The van der Waals surface area contributed by atoms with Crippen molar-refractivity contribution >= 4 is 58.7 Å². The molecule has 1 N–H and O–H groups in total. The Labute approximate surface area is 335 Å². The zero-order valence-electron chi connectivity index (χ0n) is 29.8. The first-order valence-corrected chi connectivity index (χ1v) is 20.5. The molecule has 269 valence electrons. The standard InChI is InChI=1S/C36H28OP2.C12H9N3.Cu/c1-5-17-29(18-6-1)38(30-19-7-2-8-20-30)35-27-15-13-25-33(35)37-34-26-14-16-28-36(34)39(31-21-9-3-10-22-31)32-23-11-4-12-24-32;1-2-6-10-9(5-1)14-12(15-10)11-7-3-4-8-13-11;/h1-28H;1-8H,(H,14,15);/q;;+2. The number of pyridine rings is 1. The van der Waals surface area contributed by atoms with Gasteiger partial charge in [0.2, 0.25) is 0 Å². The van der Waals surface area contributed by atoms with Crippen LogP contribution in [0.25, 0.3) is 22.6 Å². The molecule has 4 nitrogen and oxygen atoms in total. The molecular formula is C48H37CuN3OP2+2. The largest absolute Gasteiger partial charge is 2.00 e. The van der Waals surface area contributed by atoms with Crippen molar-refractivity contribution in [3.63, 3.8) is 0 Å². The molecule has 0 bridgehead atoms. The Morgan fingerprint density at radius 3 is 1.24 bits per heavy atom. The normalized spacial score (nSPS) is 10.7. The third-order valence-corrected chi connectivity index (χ3v) is 13.7. The van der Waals surface area contributed by atoms with Crippen molar-refractivity contribution in [3.8, 4) is 23.0 Å². The maximum Gasteiger partial charge on any atom is 2.00 e. The van der Waals surface area contributed by atoms with E-state index in [1.807, 2.05) is 42.5 Å². The number of benzene rings is 7. The maximum absolute atomic E-state index is 6.92. The third kappa shape index (κ3) is 9.01. The van der Waals surface area contributed by atoms with Crippen LogP contribution in [-0.4, -0.2) is 15.0 Å². The Morgan fingerprint density at radius 1 is 0.400 bits per heavy atom. The molecule has 0 saturated carbocycles. The second-order valence-electron chi connectivity index (χ2n) is 12.4. The van der Waals surface area contributed by atoms with Gasteiger partial charge in [-0.15, -0.1) is 0 Å². The van der Waals surface area contributed by atoms with Gasteiger partial charge in [0.1, 0.15) is 17.2 Å². The summed E-state index contributed by atoms with van der Waals surface area (Å²) in [6.07, 6.45) is 1.77. The van der Waals surface area contributed by atoms with Gasteiger partial charge in [-0.05, 0) is 73.5 Å². The zero-order valence-corrected chi connectivity index (χ0v) is 32.5. The van der Waals surface area contributed by atoms with Crippen LogP contribution in [-0.2, 0) is 17.1 Å². The number of rotatable bonds is 9. The predicted molar refractivity (Wildman–Crippen MR) is 230 cm³/mol. The minimum absolute atomic E-state index is 0. The minimum atomic E-state index is -0.795. The van der Waals surface area contributed by atoms with Gasteiger partial charge in [0.25, 0.3) is 0 Å². The van der Waals surface area contributed by atoms with Crippen LogP contribution in [0.3, 0.4) is 0 Å². The van der Waals surface area contributed by atoms with Crippen LogP contribution in [0.1, 0.15) is 0 Å². The molecule has 55 heavy (non-hydrogen) atoms. The van der Waals surface area contributed by atoms with Crippen LogP contribution >= 0.6 is 15.8 Å². The summed E-state index contributed by atoms with van der Waals surface area (Å²) in [5.74, 6) is 2.62. The third-order valence-electron chi connectivity index (χ3n) is 8.79. The van der Waals surface area contributed by atoms with Gasteiger partial charge < -0.3 is 9.72 Å². The van der Waals surface area contributed by atoms with E-state index < -0.39 is 15.8 Å². The molecule has 9 rings (SSSR count). The van der Waals surface area contributed by atoms with E-state index in [0.717, 1.165) is 34.1 Å². The van der Waals surface area contributed by atoms with Crippen LogP contribution in [0, 0.1) is 0 Å². The molecule has 7 aromatic carbocycles. The van der Waals surface area contributed by atoms with Crippen LogP contribution < -0.4 is 36.6 Å². The van der Waals surface area contributed by atoms with Crippen molar-refractivity contribution in [1.82, 2.24) is 15.0 Å². The summed E-state index contributed by atoms with van der Waals surface area (Å²) in [4.78, 5) is 12.0. The van der Waals surface area contributed by atoms with Gasteiger partial charge in [-0.25, -0.2) is 4.98 Å². The zero-order chi connectivity index (χ0) is 36.4. The van der Waals surface area contributed by atoms with Gasteiger partial charge in [0.05, 0.1) is 11.0 Å². The average Bonchev–Trinajstić information content (AvgIpc) is 3.69. The van der Waals surface area contributed by atoms with E-state index in [4.69, 9.17) is 4.74 Å². The van der Waals surface area contributed by atoms with Crippen LogP contribution in [0.15, 0.2) is 219 Å². The van der Waals surface area contributed by atoms with Crippen molar-refractivity contribution in [2.45, 2.75) is 0 Å². The van der Waals surface area contributed by atoms with E-state index in [-0.39, 0.29) is 17.1 Å². The SMILES string of the molecule is [Cu+2].c1ccc(-c2nc3ccccc3[nH]2)nc1.c1ccc(P(c2ccccc2)c2ccccc2Oc2ccccc2P(c2ccccc2)c2ccccc2)cc1. The number of ether oxygens (including phenoxy) is 1. The molecule has 0 fully saturated rings. The van der Waals surface area contributed by atoms with Crippen molar-refractivity contribution in [3.05, 3.63) is 219 Å². The molecule has 2 aromatic heterocycles. The molecule has 9 aromatic rings. The molecule has 7 heteroatoms. The van der Waals surface area contributed by atoms with Crippen molar-refractivity contribution in [2.75, 3.05) is 0 Å². The minimum Gasteiger partial charge on any atom is -0.456 e. The Kier molecular flexibility index (Phi) is 12.7. The van der Waals surface area contributed by atoms with Crippen molar-refractivity contribution in [1.29, 1.82) is 0 Å². The van der Waals surface area contributed by atoms with Crippen LogP contribution in [0.5, 0.6) is 11.5 Å². The van der Waals surface area contributed by atoms with Crippen molar-refractivity contribution < 1.29 is 21.8 Å². The van der Waals surface area contributed by atoms with E-state index in [9.17, 15) is 0 Å². The molecule has 0 aliphatic heterocycles. The van der Waals surface area contributed by atoms with E-state index >= 15 is 0 Å². The van der Waals surface area contributed by atoms with Gasteiger partial charge >= 0.3 is 17.1 Å².